The van der Waals surface area contributed by atoms with Crippen molar-refractivity contribution in [2.75, 3.05) is 13.2 Å². The zero-order valence-corrected chi connectivity index (χ0v) is 13.2. The first-order valence-electron chi connectivity index (χ1n) is 7.35. The van der Waals surface area contributed by atoms with Gasteiger partial charge in [-0.25, -0.2) is 0 Å². The molecule has 0 bridgehead atoms. The minimum absolute atomic E-state index is 0.675. The van der Waals surface area contributed by atoms with Gasteiger partial charge in [-0.05, 0) is 0 Å². The Hall–Kier alpha value is 0.220. The van der Waals surface area contributed by atoms with Crippen molar-refractivity contribution in [3.05, 3.63) is 0 Å². The molecule has 0 aliphatic carbocycles. The number of aliphatic hydroxyl groups excluding tert-OH is 6. The van der Waals surface area contributed by atoms with Gasteiger partial charge in [0.2, 0.25) is 5.79 Å². The van der Waals surface area contributed by atoms with Crippen LogP contribution in [0.1, 0.15) is 1.37 Å². The summed E-state index contributed by atoms with van der Waals surface area (Å²) in [6.07, 6.45) is -11.9. The smallest absolute Gasteiger partial charge is 0.214 e. The fraction of sp³-hybridized carbons (Fsp3) is 1.00. The molecule has 2 aliphatic heterocycles. The molecule has 10 atom stereocenters. The lowest BCUT2D eigenvalue weighted by atomic mass is 9.90. The molecule has 2 aliphatic rings. The molecule has 0 aromatic carbocycles. The van der Waals surface area contributed by atoms with Gasteiger partial charge in [-0.1, -0.05) is 0 Å². The highest BCUT2D eigenvalue weighted by molar-refractivity contribution is 6.22. The van der Waals surface area contributed by atoms with Crippen molar-refractivity contribution in [1.82, 2.24) is 0 Å². The molecule has 136 valence electrons. The number of hydrogen-bond acceptors (Lipinski definition) is 9. The van der Waals surface area contributed by atoms with Crippen LogP contribution in [0, 0.1) is 0 Å². The Morgan fingerprint density at radius 1 is 1.04 bits per heavy atom. The van der Waals surface area contributed by atoms with Gasteiger partial charge in [0.1, 0.15) is 48.1 Å². The first-order valence-corrected chi connectivity index (χ1v) is 7.67. The highest BCUT2D eigenvalue weighted by Gasteiger charge is 2.61. The molecule has 2 saturated heterocycles. The topological polar surface area (TPSA) is 160 Å². The molecule has 2 fully saturated rings. The van der Waals surface area contributed by atoms with Crippen LogP contribution in [0.2, 0.25) is 0 Å². The van der Waals surface area contributed by atoms with E-state index in [1.54, 1.807) is 0 Å². The molecule has 0 spiro atoms. The van der Waals surface area contributed by atoms with Gasteiger partial charge in [0, 0.05) is 0 Å². The standard InChI is InChI=1S/C12H20Cl2O9/c13-5-3(1-15)22-9(8(19)7(5)18)10(14)12(21)11(20)6(17)4(2-16)23-12/h3-11,15-21H,1-2H2/t3-,4-,5+,6-,7+,8-,9+,10?,11+,12-/m1/s1/i10D. The lowest BCUT2D eigenvalue weighted by Gasteiger charge is -2.44. The Kier molecular flexibility index (Phi) is 5.66. The second kappa shape index (κ2) is 7.22. The summed E-state index contributed by atoms with van der Waals surface area (Å²) in [5.41, 5.74) is 0. The molecule has 1 unspecified atom stereocenters. The van der Waals surface area contributed by atoms with Gasteiger partial charge in [-0.2, -0.15) is 0 Å². The molecule has 0 aromatic rings. The minimum atomic E-state index is -2.95. The van der Waals surface area contributed by atoms with Crippen LogP contribution < -0.4 is 0 Å². The molecule has 2 rings (SSSR count). The maximum absolute atomic E-state index is 10.5. The van der Waals surface area contributed by atoms with Crippen LogP contribution in [0.3, 0.4) is 0 Å². The third kappa shape index (κ3) is 3.21. The number of aliphatic hydroxyl groups is 7. The molecular formula is C12H20Cl2O9. The number of halogens is 2. The highest BCUT2D eigenvalue weighted by Crippen LogP contribution is 2.39. The average molecular weight is 380 g/mol. The quantitative estimate of drug-likeness (QED) is 0.245. The largest absolute Gasteiger partial charge is 0.394 e. The van der Waals surface area contributed by atoms with Gasteiger partial charge in [0.05, 0.1) is 20.0 Å². The first-order chi connectivity index (χ1) is 11.0. The fourth-order valence-electron chi connectivity index (χ4n) is 2.64. The summed E-state index contributed by atoms with van der Waals surface area (Å²) < 4.78 is 18.3. The Balaban J connectivity index is 2.34. The van der Waals surface area contributed by atoms with Crippen LogP contribution in [0.15, 0.2) is 0 Å². The van der Waals surface area contributed by atoms with Crippen molar-refractivity contribution < 1.29 is 46.6 Å². The van der Waals surface area contributed by atoms with E-state index in [0.717, 1.165) is 0 Å². The van der Waals surface area contributed by atoms with E-state index in [-0.39, 0.29) is 0 Å². The Morgan fingerprint density at radius 3 is 2.09 bits per heavy atom. The van der Waals surface area contributed by atoms with Gasteiger partial charge in [-0.15, -0.1) is 23.2 Å². The van der Waals surface area contributed by atoms with Gasteiger partial charge in [-0.3, -0.25) is 0 Å². The maximum Gasteiger partial charge on any atom is 0.214 e. The second-order valence-corrected chi connectivity index (χ2v) is 6.43. The average Bonchev–Trinajstić information content (AvgIpc) is 2.78. The predicted molar refractivity (Wildman–Crippen MR) is 76.0 cm³/mol. The highest BCUT2D eigenvalue weighted by atomic mass is 35.5. The summed E-state index contributed by atoms with van der Waals surface area (Å²) in [4.78, 5) is 0. The van der Waals surface area contributed by atoms with Crippen molar-refractivity contribution in [1.29, 1.82) is 0 Å². The van der Waals surface area contributed by atoms with E-state index in [0.29, 0.717) is 0 Å². The Labute approximate surface area is 143 Å². The minimum Gasteiger partial charge on any atom is -0.394 e. The Morgan fingerprint density at radius 2 is 1.61 bits per heavy atom. The molecule has 23 heavy (non-hydrogen) atoms. The monoisotopic (exact) mass is 379 g/mol. The first kappa shape index (κ1) is 18.0. The molecule has 11 heteroatoms. The van der Waals surface area contributed by atoms with E-state index in [9.17, 15) is 30.6 Å². The normalized spacial score (nSPS) is 54.6. The summed E-state index contributed by atoms with van der Waals surface area (Å²) >= 11 is 11.8. The van der Waals surface area contributed by atoms with E-state index in [1.165, 1.54) is 0 Å². The number of alkyl halides is 2. The van der Waals surface area contributed by atoms with Crippen molar-refractivity contribution in [3.8, 4) is 0 Å². The van der Waals surface area contributed by atoms with Crippen molar-refractivity contribution in [2.45, 2.75) is 59.2 Å². The van der Waals surface area contributed by atoms with E-state index < -0.39 is 72.5 Å². The number of hydrogen-bond donors (Lipinski definition) is 7. The van der Waals surface area contributed by atoms with Gasteiger partial charge in [0.25, 0.3) is 0 Å². The molecule has 0 saturated carbocycles. The molecule has 9 nitrogen and oxygen atoms in total. The summed E-state index contributed by atoms with van der Waals surface area (Å²) in [6, 6.07) is 0. The zero-order chi connectivity index (χ0) is 18.4. The number of ether oxygens (including phenoxy) is 2. The molecule has 0 radical (unpaired) electrons. The van der Waals surface area contributed by atoms with Crippen molar-refractivity contribution >= 4 is 23.2 Å². The lowest BCUT2D eigenvalue weighted by molar-refractivity contribution is -0.264. The van der Waals surface area contributed by atoms with Gasteiger partial charge in [0.15, 0.2) is 0 Å². The van der Waals surface area contributed by atoms with Crippen LogP contribution in [0.4, 0.5) is 0 Å². The van der Waals surface area contributed by atoms with Crippen LogP contribution in [0.5, 0.6) is 0 Å². The van der Waals surface area contributed by atoms with Crippen molar-refractivity contribution in [2.24, 2.45) is 0 Å². The van der Waals surface area contributed by atoms with Gasteiger partial charge >= 0.3 is 0 Å². The third-order valence-corrected chi connectivity index (χ3v) is 5.08. The molecule has 0 aromatic heterocycles. The summed E-state index contributed by atoms with van der Waals surface area (Å²) in [7, 11) is 0. The fourth-order valence-corrected chi connectivity index (χ4v) is 3.26. The lowest BCUT2D eigenvalue weighted by Crippen LogP contribution is -2.64. The molecular weight excluding hydrogens is 359 g/mol. The van der Waals surface area contributed by atoms with E-state index in [2.05, 4.69) is 0 Å². The number of rotatable bonds is 4. The van der Waals surface area contributed by atoms with Crippen LogP contribution in [-0.2, 0) is 9.47 Å². The SMILES string of the molecule is [2H]C(Cl)([C@H]1O[C@H](CO)[C@H](Cl)[C@H](O)[C@H]1O)[C@@]1(O)O[C@H](CO)[C@@H](O)[C@@H]1O. The second-order valence-electron chi connectivity index (χ2n) is 5.52. The molecule has 7 N–H and O–H groups in total. The van der Waals surface area contributed by atoms with Gasteiger partial charge < -0.3 is 45.2 Å². The summed E-state index contributed by atoms with van der Waals surface area (Å²) in [5, 5.41) is 64.6. The van der Waals surface area contributed by atoms with Crippen molar-refractivity contribution in [3.63, 3.8) is 0 Å². The summed E-state index contributed by atoms with van der Waals surface area (Å²) in [6.45, 7) is -1.46. The zero-order valence-electron chi connectivity index (χ0n) is 12.7. The Bertz CT molecular complexity index is 456. The molecule has 0 amide bonds. The maximum atomic E-state index is 10.5. The summed E-state index contributed by atoms with van der Waals surface area (Å²) in [5.74, 6) is -2.95. The van der Waals surface area contributed by atoms with Crippen LogP contribution in [-0.4, -0.2) is 108 Å². The van der Waals surface area contributed by atoms with E-state index >= 15 is 0 Å². The van der Waals surface area contributed by atoms with Crippen LogP contribution in [0.25, 0.3) is 0 Å². The van der Waals surface area contributed by atoms with E-state index in [1.807, 2.05) is 0 Å². The third-order valence-electron chi connectivity index (χ3n) is 4.05. The molecule has 2 heterocycles. The van der Waals surface area contributed by atoms with Crippen LogP contribution >= 0.6 is 23.2 Å². The predicted octanol–water partition coefficient (Wildman–Crippen LogP) is -3.52. The van der Waals surface area contributed by atoms with E-state index in [4.69, 9.17) is 39.2 Å².